The van der Waals surface area contributed by atoms with Gasteiger partial charge in [0.25, 0.3) is 0 Å². The summed E-state index contributed by atoms with van der Waals surface area (Å²) in [6.45, 7) is 0. The molecular weight excluding hydrogens is 290 g/mol. The van der Waals surface area contributed by atoms with Crippen molar-refractivity contribution >= 4 is 45.2 Å². The SMILES string of the molecule is Clc1ncc2cnn(CI)c2n1. The minimum atomic E-state index is 0.258. The molecule has 62 valence electrons. The van der Waals surface area contributed by atoms with Crippen molar-refractivity contribution in [1.29, 1.82) is 0 Å². The normalized spacial score (nSPS) is 10.8. The summed E-state index contributed by atoms with van der Waals surface area (Å²) in [6.07, 6.45) is 3.39. The molecule has 0 aliphatic carbocycles. The van der Waals surface area contributed by atoms with Crippen molar-refractivity contribution in [2.45, 2.75) is 4.55 Å². The van der Waals surface area contributed by atoms with E-state index in [1.54, 1.807) is 17.1 Å². The summed E-state index contributed by atoms with van der Waals surface area (Å²) in [7, 11) is 0. The lowest BCUT2D eigenvalue weighted by molar-refractivity contribution is 0.785. The maximum Gasteiger partial charge on any atom is 0.224 e. The number of hydrogen-bond acceptors (Lipinski definition) is 3. The highest BCUT2D eigenvalue weighted by Crippen LogP contribution is 2.12. The van der Waals surface area contributed by atoms with Gasteiger partial charge in [-0.2, -0.15) is 10.1 Å². The molecule has 2 rings (SSSR count). The van der Waals surface area contributed by atoms with E-state index in [2.05, 4.69) is 37.7 Å². The van der Waals surface area contributed by atoms with Crippen LogP contribution < -0.4 is 0 Å². The largest absolute Gasteiger partial charge is 0.237 e. The quantitative estimate of drug-likeness (QED) is 0.458. The Balaban J connectivity index is 2.75. The van der Waals surface area contributed by atoms with Crippen LogP contribution in [0.4, 0.5) is 0 Å². The van der Waals surface area contributed by atoms with Gasteiger partial charge in [-0.05, 0) is 11.6 Å². The Bertz CT molecular complexity index is 413. The molecule has 0 amide bonds. The fourth-order valence-electron chi connectivity index (χ4n) is 0.933. The minimum absolute atomic E-state index is 0.258. The second kappa shape index (κ2) is 3.14. The fraction of sp³-hybridized carbons (Fsp3) is 0.167. The summed E-state index contributed by atoms with van der Waals surface area (Å²) in [5.41, 5.74) is 0.782. The van der Waals surface area contributed by atoms with Crippen LogP contribution in [-0.4, -0.2) is 19.7 Å². The predicted molar refractivity (Wildman–Crippen MR) is 54.4 cm³/mol. The summed E-state index contributed by atoms with van der Waals surface area (Å²) in [5.74, 6) is 0. The average Bonchev–Trinajstić information content (AvgIpc) is 2.46. The molecule has 0 radical (unpaired) electrons. The predicted octanol–water partition coefficient (Wildman–Crippen LogP) is 1.87. The number of nitrogens with zero attached hydrogens (tertiary/aromatic N) is 4. The third kappa shape index (κ3) is 1.27. The zero-order chi connectivity index (χ0) is 8.55. The number of hydrogen-bond donors (Lipinski definition) is 0. The van der Waals surface area contributed by atoms with Gasteiger partial charge in [0, 0.05) is 6.20 Å². The van der Waals surface area contributed by atoms with E-state index in [1.165, 1.54) is 0 Å². The van der Waals surface area contributed by atoms with Crippen molar-refractivity contribution in [2.24, 2.45) is 0 Å². The average molecular weight is 294 g/mol. The molecule has 2 aromatic heterocycles. The number of rotatable bonds is 1. The molecular formula is C6H4ClIN4. The lowest BCUT2D eigenvalue weighted by Gasteiger charge is -1.94. The second-order valence-corrected chi connectivity index (χ2v) is 3.20. The van der Waals surface area contributed by atoms with Crippen LogP contribution in [0.5, 0.6) is 0 Å². The molecule has 6 heteroatoms. The third-order valence-electron chi connectivity index (χ3n) is 1.46. The van der Waals surface area contributed by atoms with Crippen molar-refractivity contribution < 1.29 is 0 Å². The van der Waals surface area contributed by atoms with Crippen LogP contribution in [0.15, 0.2) is 12.4 Å². The van der Waals surface area contributed by atoms with Crippen LogP contribution >= 0.6 is 34.2 Å². The van der Waals surface area contributed by atoms with Crippen LogP contribution in [-0.2, 0) is 4.55 Å². The van der Waals surface area contributed by atoms with Gasteiger partial charge in [-0.3, -0.25) is 0 Å². The van der Waals surface area contributed by atoms with Crippen molar-refractivity contribution in [1.82, 2.24) is 19.7 Å². The van der Waals surface area contributed by atoms with E-state index >= 15 is 0 Å². The summed E-state index contributed by atoms with van der Waals surface area (Å²) in [5, 5.41) is 5.27. The van der Waals surface area contributed by atoms with E-state index in [0.717, 1.165) is 15.6 Å². The van der Waals surface area contributed by atoms with Crippen molar-refractivity contribution in [3.05, 3.63) is 17.7 Å². The summed E-state index contributed by atoms with van der Waals surface area (Å²) in [6, 6.07) is 0. The number of alkyl halides is 1. The highest BCUT2D eigenvalue weighted by molar-refractivity contribution is 14.1. The van der Waals surface area contributed by atoms with E-state index in [4.69, 9.17) is 11.6 Å². The van der Waals surface area contributed by atoms with E-state index in [9.17, 15) is 0 Å². The molecule has 4 nitrogen and oxygen atoms in total. The molecule has 0 aromatic carbocycles. The fourth-order valence-corrected chi connectivity index (χ4v) is 1.56. The van der Waals surface area contributed by atoms with Crippen LogP contribution in [0.3, 0.4) is 0 Å². The highest BCUT2D eigenvalue weighted by atomic mass is 127. The molecule has 2 heterocycles. The molecule has 0 bridgehead atoms. The molecule has 0 aliphatic rings. The minimum Gasteiger partial charge on any atom is -0.237 e. The Kier molecular flexibility index (Phi) is 2.14. The zero-order valence-electron chi connectivity index (χ0n) is 5.91. The lowest BCUT2D eigenvalue weighted by atomic mass is 10.4. The van der Waals surface area contributed by atoms with Crippen LogP contribution in [0.1, 0.15) is 0 Å². The first-order valence-corrected chi connectivity index (χ1v) is 5.11. The smallest absolute Gasteiger partial charge is 0.224 e. The second-order valence-electron chi connectivity index (χ2n) is 2.18. The molecule has 0 aliphatic heterocycles. The first-order valence-electron chi connectivity index (χ1n) is 3.21. The molecule has 0 saturated heterocycles. The van der Waals surface area contributed by atoms with E-state index in [0.29, 0.717) is 0 Å². The van der Waals surface area contributed by atoms with Crippen LogP contribution in [0, 0.1) is 0 Å². The molecule has 0 atom stereocenters. The first kappa shape index (κ1) is 8.18. The Hall–Kier alpha value is -0.430. The lowest BCUT2D eigenvalue weighted by Crippen LogP contribution is -1.95. The summed E-state index contributed by atoms with van der Waals surface area (Å²) >= 11 is 7.85. The molecule has 0 saturated carbocycles. The Labute approximate surface area is 87.1 Å². The Morgan fingerprint density at radius 2 is 2.33 bits per heavy atom. The van der Waals surface area contributed by atoms with E-state index in [1.807, 2.05) is 0 Å². The molecule has 2 aromatic rings. The Morgan fingerprint density at radius 1 is 1.50 bits per heavy atom. The number of fused-ring (bicyclic) bond motifs is 1. The molecule has 0 unspecified atom stereocenters. The topological polar surface area (TPSA) is 43.6 Å². The maximum absolute atomic E-state index is 5.64. The van der Waals surface area contributed by atoms with Gasteiger partial charge in [0.1, 0.15) is 0 Å². The molecule has 12 heavy (non-hydrogen) atoms. The third-order valence-corrected chi connectivity index (χ3v) is 2.29. The first-order chi connectivity index (χ1) is 5.81. The van der Waals surface area contributed by atoms with Gasteiger partial charge in [-0.1, -0.05) is 22.6 Å². The highest BCUT2D eigenvalue weighted by Gasteiger charge is 2.03. The van der Waals surface area contributed by atoms with Crippen LogP contribution in [0.2, 0.25) is 5.28 Å². The van der Waals surface area contributed by atoms with Gasteiger partial charge in [-0.25, -0.2) is 9.67 Å². The van der Waals surface area contributed by atoms with Gasteiger partial charge >= 0.3 is 0 Å². The van der Waals surface area contributed by atoms with Crippen molar-refractivity contribution in [2.75, 3.05) is 0 Å². The van der Waals surface area contributed by atoms with Crippen LogP contribution in [0.25, 0.3) is 11.0 Å². The number of halogens is 2. The Morgan fingerprint density at radius 3 is 3.08 bits per heavy atom. The van der Waals surface area contributed by atoms with Crippen molar-refractivity contribution in [3.63, 3.8) is 0 Å². The molecule has 0 N–H and O–H groups in total. The van der Waals surface area contributed by atoms with Gasteiger partial charge in [-0.15, -0.1) is 0 Å². The standard InChI is InChI=1S/C6H4ClIN4/c7-6-9-1-4-2-10-12(3-8)5(4)11-6/h1-2H,3H2. The van der Waals surface area contributed by atoms with E-state index in [-0.39, 0.29) is 5.28 Å². The van der Waals surface area contributed by atoms with Gasteiger partial charge in [0.2, 0.25) is 5.28 Å². The summed E-state index contributed by atoms with van der Waals surface area (Å²) < 4.78 is 2.53. The summed E-state index contributed by atoms with van der Waals surface area (Å²) in [4.78, 5) is 7.91. The molecule has 0 spiro atoms. The monoisotopic (exact) mass is 294 g/mol. The maximum atomic E-state index is 5.64. The number of aromatic nitrogens is 4. The van der Waals surface area contributed by atoms with Gasteiger partial charge < -0.3 is 0 Å². The van der Waals surface area contributed by atoms with E-state index < -0.39 is 0 Å². The molecule has 0 fully saturated rings. The van der Waals surface area contributed by atoms with Crippen molar-refractivity contribution in [3.8, 4) is 0 Å². The van der Waals surface area contributed by atoms with Gasteiger partial charge in [0.15, 0.2) is 5.65 Å². The zero-order valence-corrected chi connectivity index (χ0v) is 8.82. The van der Waals surface area contributed by atoms with Gasteiger partial charge in [0.05, 0.1) is 16.1 Å².